The summed E-state index contributed by atoms with van der Waals surface area (Å²) < 4.78 is 2.17. The Labute approximate surface area is 161 Å². The fourth-order valence-electron chi connectivity index (χ4n) is 3.81. The Morgan fingerprint density at radius 1 is 0.815 bits per heavy atom. The summed E-state index contributed by atoms with van der Waals surface area (Å²) in [5.41, 5.74) is 7.53. The van der Waals surface area contributed by atoms with Gasteiger partial charge in [-0.05, 0) is 56.7 Å². The molecule has 3 nitrogen and oxygen atoms in total. The van der Waals surface area contributed by atoms with Crippen molar-refractivity contribution in [3.8, 4) is 11.3 Å². The van der Waals surface area contributed by atoms with E-state index in [2.05, 4.69) is 121 Å². The van der Waals surface area contributed by atoms with Crippen molar-refractivity contribution in [2.24, 2.45) is 7.05 Å². The Kier molecular flexibility index (Phi) is 4.44. The Balaban J connectivity index is 1.69. The first-order chi connectivity index (χ1) is 13.1. The topological polar surface area (TPSA) is 10.4 Å². The number of benzene rings is 2. The van der Waals surface area contributed by atoms with Crippen molar-refractivity contribution in [3.63, 3.8) is 0 Å². The third kappa shape index (κ3) is 3.10. The molecular formula is C24H26N3+. The summed E-state index contributed by atoms with van der Waals surface area (Å²) in [4.78, 5) is 4.66. The molecule has 1 aliphatic heterocycles. The molecule has 0 aliphatic carbocycles. The maximum absolute atomic E-state index is 2.35. The van der Waals surface area contributed by atoms with Crippen LogP contribution in [0.25, 0.3) is 11.3 Å². The molecule has 0 N–H and O–H groups in total. The van der Waals surface area contributed by atoms with E-state index in [-0.39, 0.29) is 6.17 Å². The Morgan fingerprint density at radius 2 is 1.56 bits per heavy atom. The van der Waals surface area contributed by atoms with Crippen molar-refractivity contribution in [2.45, 2.75) is 26.9 Å². The predicted octanol–water partition coefficient (Wildman–Crippen LogP) is 4.94. The second-order valence-electron chi connectivity index (χ2n) is 7.23. The summed E-state index contributed by atoms with van der Waals surface area (Å²) >= 11 is 0. The number of rotatable bonds is 3. The number of hydrogen-bond donors (Lipinski definition) is 0. The van der Waals surface area contributed by atoms with Crippen LogP contribution in [0.1, 0.15) is 18.1 Å². The van der Waals surface area contributed by atoms with Gasteiger partial charge in [-0.15, -0.1) is 0 Å². The number of aryl methyl sites for hydroxylation is 2. The normalized spacial score (nSPS) is 16.2. The van der Waals surface area contributed by atoms with Gasteiger partial charge in [0.15, 0.2) is 6.20 Å². The lowest BCUT2D eigenvalue weighted by Gasteiger charge is -2.31. The highest BCUT2D eigenvalue weighted by molar-refractivity contribution is 5.73. The third-order valence-corrected chi connectivity index (χ3v) is 5.44. The molecule has 3 aromatic rings. The number of anilines is 2. The predicted molar refractivity (Wildman–Crippen MR) is 113 cm³/mol. The molecule has 1 aliphatic rings. The van der Waals surface area contributed by atoms with Crippen LogP contribution < -0.4 is 14.4 Å². The van der Waals surface area contributed by atoms with E-state index in [4.69, 9.17) is 0 Å². The largest absolute Gasteiger partial charge is 0.326 e. The highest BCUT2D eigenvalue weighted by Gasteiger charge is 2.26. The van der Waals surface area contributed by atoms with Gasteiger partial charge >= 0.3 is 0 Å². The van der Waals surface area contributed by atoms with Gasteiger partial charge in [-0.25, -0.2) is 4.57 Å². The Bertz CT molecular complexity index is 989. The van der Waals surface area contributed by atoms with E-state index in [0.29, 0.717) is 0 Å². The second-order valence-corrected chi connectivity index (χ2v) is 7.23. The van der Waals surface area contributed by atoms with E-state index in [1.807, 2.05) is 0 Å². The average molecular weight is 356 g/mol. The van der Waals surface area contributed by atoms with Gasteiger partial charge in [-0.2, -0.15) is 0 Å². The first-order valence-electron chi connectivity index (χ1n) is 9.42. The monoisotopic (exact) mass is 356 g/mol. The van der Waals surface area contributed by atoms with Gasteiger partial charge in [0.2, 0.25) is 5.69 Å². The summed E-state index contributed by atoms with van der Waals surface area (Å²) in [6, 6.07) is 21.6. The molecule has 1 atom stereocenters. The van der Waals surface area contributed by atoms with Crippen LogP contribution in [-0.2, 0) is 7.05 Å². The fraction of sp³-hybridized carbons (Fsp3) is 0.208. The molecule has 3 heteroatoms. The highest BCUT2D eigenvalue weighted by atomic mass is 15.4. The van der Waals surface area contributed by atoms with Gasteiger partial charge in [0.1, 0.15) is 13.2 Å². The zero-order chi connectivity index (χ0) is 19.0. The maximum atomic E-state index is 2.35. The molecule has 0 spiro atoms. The zero-order valence-electron chi connectivity index (χ0n) is 16.4. The number of nitrogens with zero attached hydrogens (tertiary/aromatic N) is 3. The lowest BCUT2D eigenvalue weighted by molar-refractivity contribution is -0.660. The molecule has 0 fully saturated rings. The van der Waals surface area contributed by atoms with E-state index in [0.717, 1.165) is 0 Å². The van der Waals surface area contributed by atoms with Crippen LogP contribution in [0.2, 0.25) is 0 Å². The first kappa shape index (κ1) is 17.3. The molecule has 4 rings (SSSR count). The van der Waals surface area contributed by atoms with Crippen LogP contribution in [0.5, 0.6) is 0 Å². The highest BCUT2D eigenvalue weighted by Crippen LogP contribution is 2.34. The van der Waals surface area contributed by atoms with Crippen LogP contribution in [0, 0.1) is 13.8 Å². The molecule has 0 saturated heterocycles. The quantitative estimate of drug-likeness (QED) is 0.616. The van der Waals surface area contributed by atoms with Crippen molar-refractivity contribution in [1.29, 1.82) is 0 Å². The minimum absolute atomic E-state index is 0.228. The van der Waals surface area contributed by atoms with E-state index >= 15 is 0 Å². The average Bonchev–Trinajstić information content (AvgIpc) is 3.05. The summed E-state index contributed by atoms with van der Waals surface area (Å²) in [6.45, 7) is 6.58. The Hall–Kier alpha value is -3.07. The number of pyridine rings is 1. The van der Waals surface area contributed by atoms with E-state index in [9.17, 15) is 0 Å². The van der Waals surface area contributed by atoms with Crippen LogP contribution >= 0.6 is 0 Å². The van der Waals surface area contributed by atoms with Gasteiger partial charge in [0.25, 0.3) is 0 Å². The third-order valence-electron chi connectivity index (χ3n) is 5.44. The molecular weight excluding hydrogens is 330 g/mol. The van der Waals surface area contributed by atoms with Crippen LogP contribution in [-0.4, -0.2) is 6.17 Å². The van der Waals surface area contributed by atoms with Crippen molar-refractivity contribution in [2.75, 3.05) is 9.80 Å². The van der Waals surface area contributed by atoms with Crippen molar-refractivity contribution >= 4 is 11.4 Å². The van der Waals surface area contributed by atoms with Crippen LogP contribution in [0.4, 0.5) is 11.4 Å². The molecule has 0 radical (unpaired) electrons. The SMILES string of the molecule is Cc1ccc(N2C=CN(c3cccc(-c4cccc[n+]4C)c3C)[C@H]2C)cc1. The van der Waals surface area contributed by atoms with E-state index in [1.165, 1.54) is 33.8 Å². The molecule has 0 saturated carbocycles. The minimum atomic E-state index is 0.228. The molecule has 136 valence electrons. The van der Waals surface area contributed by atoms with Gasteiger partial charge < -0.3 is 9.80 Å². The summed E-state index contributed by atoms with van der Waals surface area (Å²) in [5, 5.41) is 0. The minimum Gasteiger partial charge on any atom is -0.326 e. The summed E-state index contributed by atoms with van der Waals surface area (Å²) in [5.74, 6) is 0. The molecule has 1 aromatic heterocycles. The summed E-state index contributed by atoms with van der Waals surface area (Å²) in [7, 11) is 2.10. The van der Waals surface area contributed by atoms with E-state index in [1.54, 1.807) is 0 Å². The van der Waals surface area contributed by atoms with E-state index < -0.39 is 0 Å². The maximum Gasteiger partial charge on any atom is 0.212 e. The molecule has 0 bridgehead atoms. The van der Waals surface area contributed by atoms with Crippen molar-refractivity contribution in [1.82, 2.24) is 0 Å². The second kappa shape index (κ2) is 6.92. The molecule has 2 heterocycles. The first-order valence-corrected chi connectivity index (χ1v) is 9.42. The van der Waals surface area contributed by atoms with Gasteiger partial charge in [-0.3, -0.25) is 0 Å². The smallest absolute Gasteiger partial charge is 0.212 e. The summed E-state index contributed by atoms with van der Waals surface area (Å²) in [6.07, 6.45) is 6.68. The lowest BCUT2D eigenvalue weighted by atomic mass is 10.0. The van der Waals surface area contributed by atoms with Gasteiger partial charge in [0.05, 0.1) is 5.56 Å². The standard InChI is InChI=1S/C24H26N3/c1-18-11-13-21(14-12-18)26-16-17-27(20(26)3)23-10-7-8-22(19(23)2)24-9-5-6-15-25(24)4/h5-17,20H,1-4H3/q+1/t20-/m0/s1. The molecule has 2 aromatic carbocycles. The van der Waals surface area contributed by atoms with Crippen LogP contribution in [0.3, 0.4) is 0 Å². The van der Waals surface area contributed by atoms with Crippen LogP contribution in [0.15, 0.2) is 79.3 Å². The fourth-order valence-corrected chi connectivity index (χ4v) is 3.81. The molecule has 0 amide bonds. The van der Waals surface area contributed by atoms with Crippen molar-refractivity contribution in [3.05, 3.63) is 90.4 Å². The number of hydrogen-bond acceptors (Lipinski definition) is 2. The Morgan fingerprint density at radius 3 is 2.30 bits per heavy atom. The zero-order valence-corrected chi connectivity index (χ0v) is 16.4. The van der Waals surface area contributed by atoms with Crippen molar-refractivity contribution < 1.29 is 4.57 Å². The van der Waals surface area contributed by atoms with Gasteiger partial charge in [0, 0.05) is 35.9 Å². The molecule has 0 unspecified atom stereocenters. The lowest BCUT2D eigenvalue weighted by Crippen LogP contribution is -2.36. The molecule has 27 heavy (non-hydrogen) atoms. The number of aromatic nitrogens is 1. The van der Waals surface area contributed by atoms with Gasteiger partial charge in [-0.1, -0.05) is 23.8 Å².